The maximum Gasteiger partial charge on any atom is 0.242 e. The van der Waals surface area contributed by atoms with Crippen LogP contribution in [-0.4, -0.2) is 29.3 Å². The molecule has 1 aliphatic rings. The Bertz CT molecular complexity index is 722. The fraction of sp³-hybridized carbons (Fsp3) is 0.375. The summed E-state index contributed by atoms with van der Waals surface area (Å²) in [6, 6.07) is 5.37. The van der Waals surface area contributed by atoms with E-state index in [4.69, 9.17) is 4.74 Å². The molecule has 2 aromatic rings. The Labute approximate surface area is 155 Å². The summed E-state index contributed by atoms with van der Waals surface area (Å²) in [6.07, 6.45) is 4.29. The number of aromatic nitrogens is 2. The first-order chi connectivity index (χ1) is 11.1. The van der Waals surface area contributed by atoms with Crippen LogP contribution in [0.1, 0.15) is 29.6 Å². The van der Waals surface area contributed by atoms with E-state index < -0.39 is 6.04 Å². The van der Waals surface area contributed by atoms with Crippen LogP contribution < -0.4 is 15.4 Å². The maximum atomic E-state index is 12.7. The molecule has 0 aliphatic carbocycles. The number of halogens is 2. The van der Waals surface area contributed by atoms with E-state index in [2.05, 4.69) is 31.7 Å². The van der Waals surface area contributed by atoms with Crippen molar-refractivity contribution < 1.29 is 9.53 Å². The van der Waals surface area contributed by atoms with Crippen molar-refractivity contribution in [2.24, 2.45) is 7.05 Å². The SMILES string of the molecule is CNC(C(=O)NC1CCOc2ccc(Br)cc21)c1cnn(C)c1.Cl. The summed E-state index contributed by atoms with van der Waals surface area (Å²) in [4.78, 5) is 12.7. The van der Waals surface area contributed by atoms with Gasteiger partial charge in [-0.05, 0) is 25.2 Å². The molecule has 0 bridgehead atoms. The third kappa shape index (κ3) is 3.91. The van der Waals surface area contributed by atoms with Gasteiger partial charge in [0.1, 0.15) is 11.8 Å². The van der Waals surface area contributed by atoms with E-state index in [1.54, 1.807) is 17.9 Å². The van der Waals surface area contributed by atoms with Gasteiger partial charge in [-0.3, -0.25) is 9.48 Å². The number of hydrogen-bond donors (Lipinski definition) is 2. The summed E-state index contributed by atoms with van der Waals surface area (Å²) in [5.41, 5.74) is 1.84. The van der Waals surface area contributed by atoms with Gasteiger partial charge in [0.05, 0.1) is 18.8 Å². The second kappa shape index (κ2) is 8.00. The first-order valence-corrected chi connectivity index (χ1v) is 8.26. The second-order valence-electron chi connectivity index (χ2n) is 5.55. The third-order valence-electron chi connectivity index (χ3n) is 3.94. The molecule has 24 heavy (non-hydrogen) atoms. The van der Waals surface area contributed by atoms with Crippen molar-refractivity contribution in [3.63, 3.8) is 0 Å². The number of rotatable bonds is 4. The minimum absolute atomic E-state index is 0. The monoisotopic (exact) mass is 414 g/mol. The topological polar surface area (TPSA) is 68.2 Å². The van der Waals surface area contributed by atoms with Crippen molar-refractivity contribution in [2.45, 2.75) is 18.5 Å². The van der Waals surface area contributed by atoms with Gasteiger partial charge in [-0.15, -0.1) is 12.4 Å². The average molecular weight is 416 g/mol. The summed E-state index contributed by atoms with van der Waals surface area (Å²) >= 11 is 3.47. The Balaban J connectivity index is 0.00000208. The Morgan fingerprint density at radius 3 is 2.96 bits per heavy atom. The van der Waals surface area contributed by atoms with Gasteiger partial charge in [-0.25, -0.2) is 0 Å². The summed E-state index contributed by atoms with van der Waals surface area (Å²) in [6.45, 7) is 0.594. The van der Waals surface area contributed by atoms with Crippen LogP contribution in [0, 0.1) is 0 Å². The summed E-state index contributed by atoms with van der Waals surface area (Å²) in [5.74, 6) is 0.755. The lowest BCUT2D eigenvalue weighted by molar-refractivity contribution is -0.124. The van der Waals surface area contributed by atoms with Crippen molar-refractivity contribution in [3.8, 4) is 5.75 Å². The fourth-order valence-corrected chi connectivity index (χ4v) is 3.19. The van der Waals surface area contributed by atoms with Crippen molar-refractivity contribution in [1.29, 1.82) is 0 Å². The standard InChI is InChI=1S/C16H19BrN4O2.ClH/c1-18-15(10-8-19-21(2)9-10)16(22)20-13-5-6-23-14-4-3-11(17)7-12(13)14;/h3-4,7-9,13,15,18H,5-6H2,1-2H3,(H,20,22);1H. The van der Waals surface area contributed by atoms with Crippen LogP contribution in [0.2, 0.25) is 0 Å². The highest BCUT2D eigenvalue weighted by Gasteiger charge is 2.27. The number of hydrogen-bond acceptors (Lipinski definition) is 4. The normalized spacial score (nSPS) is 17.2. The Hall–Kier alpha value is -1.57. The molecule has 2 unspecified atom stereocenters. The van der Waals surface area contributed by atoms with Crippen LogP contribution >= 0.6 is 28.3 Å². The summed E-state index contributed by atoms with van der Waals surface area (Å²) in [7, 11) is 3.60. The van der Waals surface area contributed by atoms with Gasteiger partial charge in [0.2, 0.25) is 5.91 Å². The van der Waals surface area contributed by atoms with Crippen molar-refractivity contribution >= 4 is 34.2 Å². The van der Waals surface area contributed by atoms with Gasteiger partial charge in [0, 0.05) is 35.3 Å². The van der Waals surface area contributed by atoms with Crippen LogP contribution in [0.4, 0.5) is 0 Å². The molecule has 6 nitrogen and oxygen atoms in total. The Morgan fingerprint density at radius 1 is 1.50 bits per heavy atom. The number of carbonyl (C=O) groups excluding carboxylic acids is 1. The van der Waals surface area contributed by atoms with E-state index in [1.807, 2.05) is 31.4 Å². The molecule has 0 saturated carbocycles. The highest BCUT2D eigenvalue weighted by molar-refractivity contribution is 9.10. The van der Waals surface area contributed by atoms with Crippen LogP contribution in [0.3, 0.4) is 0 Å². The quantitative estimate of drug-likeness (QED) is 0.805. The van der Waals surface area contributed by atoms with Crippen LogP contribution in [0.25, 0.3) is 0 Å². The van der Waals surface area contributed by atoms with Crippen LogP contribution in [0.5, 0.6) is 5.75 Å². The molecule has 2 atom stereocenters. The van der Waals surface area contributed by atoms with E-state index in [0.717, 1.165) is 27.8 Å². The Morgan fingerprint density at radius 2 is 2.29 bits per heavy atom. The first-order valence-electron chi connectivity index (χ1n) is 7.47. The fourth-order valence-electron chi connectivity index (χ4n) is 2.81. The number of aryl methyl sites for hydroxylation is 1. The molecule has 130 valence electrons. The lowest BCUT2D eigenvalue weighted by Gasteiger charge is -2.28. The van der Waals surface area contributed by atoms with Gasteiger partial charge in [-0.1, -0.05) is 15.9 Å². The average Bonchev–Trinajstić information content (AvgIpc) is 2.95. The van der Waals surface area contributed by atoms with Crippen LogP contribution in [-0.2, 0) is 11.8 Å². The molecular formula is C16H20BrClN4O2. The molecule has 2 N–H and O–H groups in total. The van der Waals surface area contributed by atoms with Gasteiger partial charge in [-0.2, -0.15) is 5.10 Å². The number of carbonyl (C=O) groups is 1. The largest absolute Gasteiger partial charge is 0.493 e. The molecule has 1 aromatic carbocycles. The number of benzene rings is 1. The van der Waals surface area contributed by atoms with E-state index in [0.29, 0.717) is 6.61 Å². The summed E-state index contributed by atoms with van der Waals surface area (Å²) in [5, 5.41) is 10.3. The molecule has 1 aliphatic heterocycles. The molecule has 1 aromatic heterocycles. The minimum Gasteiger partial charge on any atom is -0.493 e. The number of nitrogens with one attached hydrogen (secondary N) is 2. The highest BCUT2D eigenvalue weighted by atomic mass is 79.9. The second-order valence-corrected chi connectivity index (χ2v) is 6.47. The molecule has 0 saturated heterocycles. The zero-order valence-corrected chi connectivity index (χ0v) is 15.9. The third-order valence-corrected chi connectivity index (χ3v) is 4.43. The van der Waals surface area contributed by atoms with E-state index in [-0.39, 0.29) is 24.4 Å². The molecule has 3 rings (SSSR count). The molecule has 2 heterocycles. The van der Waals surface area contributed by atoms with Crippen molar-refractivity contribution in [1.82, 2.24) is 20.4 Å². The van der Waals surface area contributed by atoms with Crippen molar-refractivity contribution in [2.75, 3.05) is 13.7 Å². The van der Waals surface area contributed by atoms with E-state index in [1.165, 1.54) is 0 Å². The lowest BCUT2D eigenvalue weighted by Crippen LogP contribution is -2.39. The molecular weight excluding hydrogens is 396 g/mol. The van der Waals surface area contributed by atoms with E-state index >= 15 is 0 Å². The van der Waals surface area contributed by atoms with Crippen molar-refractivity contribution in [3.05, 3.63) is 46.2 Å². The number of nitrogens with zero attached hydrogens (tertiary/aromatic N) is 2. The molecule has 8 heteroatoms. The number of amides is 1. The molecule has 0 fully saturated rings. The predicted molar refractivity (Wildman–Crippen MR) is 97.4 cm³/mol. The first kappa shape index (κ1) is 18.8. The highest BCUT2D eigenvalue weighted by Crippen LogP contribution is 2.34. The van der Waals surface area contributed by atoms with Crippen LogP contribution in [0.15, 0.2) is 35.1 Å². The maximum absolute atomic E-state index is 12.7. The predicted octanol–water partition coefficient (Wildman–Crippen LogP) is 2.50. The number of likely N-dealkylation sites (N-methyl/N-ethyl adjacent to an activating group) is 1. The minimum atomic E-state index is -0.429. The zero-order valence-electron chi connectivity index (χ0n) is 13.5. The molecule has 1 amide bonds. The number of fused-ring (bicyclic) bond motifs is 1. The lowest BCUT2D eigenvalue weighted by atomic mass is 9.99. The number of ether oxygens (including phenoxy) is 1. The molecule has 0 radical (unpaired) electrons. The van der Waals surface area contributed by atoms with Gasteiger partial charge < -0.3 is 15.4 Å². The smallest absolute Gasteiger partial charge is 0.242 e. The zero-order chi connectivity index (χ0) is 16.4. The van der Waals surface area contributed by atoms with E-state index in [9.17, 15) is 4.79 Å². The van der Waals surface area contributed by atoms with Gasteiger partial charge >= 0.3 is 0 Å². The Kier molecular flexibility index (Phi) is 6.26. The van der Waals surface area contributed by atoms with Gasteiger partial charge in [0.25, 0.3) is 0 Å². The van der Waals surface area contributed by atoms with Gasteiger partial charge in [0.15, 0.2) is 0 Å². The molecule has 0 spiro atoms. The summed E-state index contributed by atoms with van der Waals surface area (Å²) < 4.78 is 8.32.